The van der Waals surface area contributed by atoms with Crippen molar-refractivity contribution in [3.05, 3.63) is 17.7 Å². The summed E-state index contributed by atoms with van der Waals surface area (Å²) in [6.07, 6.45) is -0.0308. The SMILES string of the molecule is COC(=O)c1cc(OC)c(OC(C)C)c(OC)c1. The van der Waals surface area contributed by atoms with Gasteiger partial charge in [0, 0.05) is 0 Å². The maximum atomic E-state index is 11.5. The maximum absolute atomic E-state index is 11.5. The monoisotopic (exact) mass is 254 g/mol. The average molecular weight is 254 g/mol. The van der Waals surface area contributed by atoms with Gasteiger partial charge in [-0.2, -0.15) is 0 Å². The Labute approximate surface area is 107 Å². The molecule has 100 valence electrons. The van der Waals surface area contributed by atoms with Crippen molar-refractivity contribution in [2.24, 2.45) is 0 Å². The van der Waals surface area contributed by atoms with Gasteiger partial charge < -0.3 is 18.9 Å². The molecular weight excluding hydrogens is 236 g/mol. The molecule has 1 aromatic rings. The molecule has 1 aromatic carbocycles. The second-order valence-electron chi connectivity index (χ2n) is 3.87. The highest BCUT2D eigenvalue weighted by Gasteiger charge is 2.18. The zero-order valence-corrected chi connectivity index (χ0v) is 11.3. The summed E-state index contributed by atoms with van der Waals surface area (Å²) in [4.78, 5) is 11.5. The van der Waals surface area contributed by atoms with Crippen molar-refractivity contribution in [3.8, 4) is 17.2 Å². The minimum Gasteiger partial charge on any atom is -0.493 e. The van der Waals surface area contributed by atoms with Crippen molar-refractivity contribution in [3.63, 3.8) is 0 Å². The number of rotatable bonds is 5. The van der Waals surface area contributed by atoms with E-state index in [0.717, 1.165) is 0 Å². The third kappa shape index (κ3) is 3.06. The van der Waals surface area contributed by atoms with E-state index in [2.05, 4.69) is 4.74 Å². The Kier molecular flexibility index (Phi) is 4.83. The Morgan fingerprint density at radius 3 is 1.89 bits per heavy atom. The van der Waals surface area contributed by atoms with Crippen LogP contribution < -0.4 is 14.2 Å². The van der Waals surface area contributed by atoms with Crippen molar-refractivity contribution in [2.45, 2.75) is 20.0 Å². The molecule has 0 atom stereocenters. The summed E-state index contributed by atoms with van der Waals surface area (Å²) in [5, 5.41) is 0. The van der Waals surface area contributed by atoms with Gasteiger partial charge in [0.15, 0.2) is 11.5 Å². The van der Waals surface area contributed by atoms with E-state index in [-0.39, 0.29) is 6.10 Å². The van der Waals surface area contributed by atoms with Crippen LogP contribution in [0.1, 0.15) is 24.2 Å². The van der Waals surface area contributed by atoms with Gasteiger partial charge in [-0.3, -0.25) is 0 Å². The summed E-state index contributed by atoms with van der Waals surface area (Å²) < 4.78 is 20.7. The molecule has 0 saturated heterocycles. The molecule has 0 radical (unpaired) electrons. The lowest BCUT2D eigenvalue weighted by Gasteiger charge is -2.17. The number of ether oxygens (including phenoxy) is 4. The van der Waals surface area contributed by atoms with Gasteiger partial charge in [-0.1, -0.05) is 0 Å². The van der Waals surface area contributed by atoms with E-state index in [1.807, 2.05) is 13.8 Å². The summed E-state index contributed by atoms with van der Waals surface area (Å²) in [5.74, 6) is 0.886. The number of hydrogen-bond donors (Lipinski definition) is 0. The molecule has 0 aromatic heterocycles. The molecule has 0 heterocycles. The van der Waals surface area contributed by atoms with Crippen molar-refractivity contribution >= 4 is 5.97 Å². The Hall–Kier alpha value is -1.91. The normalized spacial score (nSPS) is 10.1. The summed E-state index contributed by atoms with van der Waals surface area (Å²) in [5.41, 5.74) is 0.349. The van der Waals surface area contributed by atoms with Gasteiger partial charge in [-0.15, -0.1) is 0 Å². The fourth-order valence-corrected chi connectivity index (χ4v) is 1.47. The molecule has 0 amide bonds. The van der Waals surface area contributed by atoms with Crippen LogP contribution in [0.5, 0.6) is 17.2 Å². The van der Waals surface area contributed by atoms with Gasteiger partial charge in [-0.05, 0) is 26.0 Å². The minimum atomic E-state index is -0.456. The number of carbonyl (C=O) groups excluding carboxylic acids is 1. The topological polar surface area (TPSA) is 54.0 Å². The number of hydrogen-bond acceptors (Lipinski definition) is 5. The molecular formula is C13H18O5. The smallest absolute Gasteiger partial charge is 0.338 e. The van der Waals surface area contributed by atoms with Gasteiger partial charge in [0.2, 0.25) is 5.75 Å². The molecule has 1 rings (SSSR count). The minimum absolute atomic E-state index is 0.0308. The molecule has 0 bridgehead atoms. The summed E-state index contributed by atoms with van der Waals surface area (Å²) in [6.45, 7) is 3.79. The first-order valence-corrected chi connectivity index (χ1v) is 5.54. The zero-order valence-electron chi connectivity index (χ0n) is 11.3. The van der Waals surface area contributed by atoms with E-state index in [4.69, 9.17) is 14.2 Å². The quantitative estimate of drug-likeness (QED) is 0.754. The Morgan fingerprint density at radius 2 is 1.56 bits per heavy atom. The number of esters is 1. The van der Waals surface area contributed by atoms with Gasteiger partial charge >= 0.3 is 5.97 Å². The average Bonchev–Trinajstić information content (AvgIpc) is 2.37. The Bertz CT molecular complexity index is 400. The van der Waals surface area contributed by atoms with Crippen molar-refractivity contribution in [1.29, 1.82) is 0 Å². The highest BCUT2D eigenvalue weighted by atomic mass is 16.5. The van der Waals surface area contributed by atoms with Crippen molar-refractivity contribution < 1.29 is 23.7 Å². The van der Waals surface area contributed by atoms with Crippen molar-refractivity contribution in [1.82, 2.24) is 0 Å². The van der Waals surface area contributed by atoms with Gasteiger partial charge in [-0.25, -0.2) is 4.79 Å². The molecule has 0 aliphatic carbocycles. The van der Waals surface area contributed by atoms with Crippen LogP contribution in [0.3, 0.4) is 0 Å². The molecule has 0 unspecified atom stereocenters. The Balaban J connectivity index is 3.29. The van der Waals surface area contributed by atoms with E-state index in [1.54, 1.807) is 12.1 Å². The van der Waals surface area contributed by atoms with Crippen LogP contribution in [-0.4, -0.2) is 33.4 Å². The molecule has 0 fully saturated rings. The van der Waals surface area contributed by atoms with Crippen LogP contribution in [0.4, 0.5) is 0 Å². The molecule has 0 saturated carbocycles. The molecule has 5 nitrogen and oxygen atoms in total. The van der Waals surface area contributed by atoms with Crippen LogP contribution >= 0.6 is 0 Å². The number of benzene rings is 1. The van der Waals surface area contributed by atoms with Crippen molar-refractivity contribution in [2.75, 3.05) is 21.3 Å². The lowest BCUT2D eigenvalue weighted by molar-refractivity contribution is 0.0599. The number of carbonyl (C=O) groups is 1. The summed E-state index contributed by atoms with van der Waals surface area (Å²) in [6, 6.07) is 3.12. The van der Waals surface area contributed by atoms with E-state index in [1.165, 1.54) is 21.3 Å². The van der Waals surface area contributed by atoms with E-state index in [9.17, 15) is 4.79 Å². The predicted molar refractivity (Wildman–Crippen MR) is 66.6 cm³/mol. The fraction of sp³-hybridized carbons (Fsp3) is 0.462. The highest BCUT2D eigenvalue weighted by Crippen LogP contribution is 2.39. The highest BCUT2D eigenvalue weighted by molar-refractivity contribution is 5.91. The van der Waals surface area contributed by atoms with E-state index < -0.39 is 5.97 Å². The number of methoxy groups -OCH3 is 3. The van der Waals surface area contributed by atoms with E-state index >= 15 is 0 Å². The van der Waals surface area contributed by atoms with Crippen LogP contribution in [-0.2, 0) is 4.74 Å². The summed E-state index contributed by atoms with van der Waals surface area (Å²) >= 11 is 0. The predicted octanol–water partition coefficient (Wildman–Crippen LogP) is 2.28. The van der Waals surface area contributed by atoms with Crippen LogP contribution in [0.2, 0.25) is 0 Å². The molecule has 18 heavy (non-hydrogen) atoms. The summed E-state index contributed by atoms with van der Waals surface area (Å²) in [7, 11) is 4.33. The largest absolute Gasteiger partial charge is 0.493 e. The van der Waals surface area contributed by atoms with Gasteiger partial charge in [0.1, 0.15) is 0 Å². The first-order valence-electron chi connectivity index (χ1n) is 5.54. The van der Waals surface area contributed by atoms with Gasteiger partial charge in [0.25, 0.3) is 0 Å². The second-order valence-corrected chi connectivity index (χ2v) is 3.87. The second kappa shape index (κ2) is 6.14. The lowest BCUT2D eigenvalue weighted by atomic mass is 10.2. The third-order valence-electron chi connectivity index (χ3n) is 2.24. The molecule has 0 spiro atoms. The Morgan fingerprint density at radius 1 is 1.06 bits per heavy atom. The molecule has 0 aliphatic rings. The van der Waals surface area contributed by atoms with Crippen LogP contribution in [0.25, 0.3) is 0 Å². The first-order chi connectivity index (χ1) is 8.53. The third-order valence-corrected chi connectivity index (χ3v) is 2.24. The molecule has 5 heteroatoms. The van der Waals surface area contributed by atoms with Crippen LogP contribution in [0.15, 0.2) is 12.1 Å². The maximum Gasteiger partial charge on any atom is 0.338 e. The van der Waals surface area contributed by atoms with Gasteiger partial charge in [0.05, 0.1) is 33.0 Å². The fourth-order valence-electron chi connectivity index (χ4n) is 1.47. The lowest BCUT2D eigenvalue weighted by Crippen LogP contribution is -2.09. The van der Waals surface area contributed by atoms with Crippen LogP contribution in [0, 0.1) is 0 Å². The molecule has 0 N–H and O–H groups in total. The molecule has 0 aliphatic heterocycles. The van der Waals surface area contributed by atoms with E-state index in [0.29, 0.717) is 22.8 Å². The standard InChI is InChI=1S/C13H18O5/c1-8(2)18-12-10(15-3)6-9(13(14)17-5)7-11(12)16-4/h6-8H,1-5H3. The first kappa shape index (κ1) is 14.2. The zero-order chi connectivity index (χ0) is 13.7.